The maximum Gasteiger partial charge on any atom is 0.252 e. The first-order chi connectivity index (χ1) is 14.0. The van der Waals surface area contributed by atoms with Gasteiger partial charge in [-0.3, -0.25) is 9.59 Å². The van der Waals surface area contributed by atoms with E-state index in [-0.39, 0.29) is 11.3 Å². The molecule has 8 heteroatoms. The standard InChI is InChI=1S/C22H25ClN2O4S/c1-5-22(3,4)25(30(28,29)18-12-6-15(2)7-13-18)19-14-20(26)24(21(19)27)17-10-8-16(23)9-11-17/h6-13,19H,5,14H2,1-4H3. The zero-order valence-electron chi connectivity index (χ0n) is 17.4. The highest BCUT2D eigenvalue weighted by atomic mass is 35.5. The van der Waals surface area contributed by atoms with Crippen molar-refractivity contribution in [2.24, 2.45) is 0 Å². The van der Waals surface area contributed by atoms with Crippen LogP contribution in [0.3, 0.4) is 0 Å². The summed E-state index contributed by atoms with van der Waals surface area (Å²) in [5.74, 6) is -0.997. The Balaban J connectivity index is 2.07. The number of amides is 2. The molecule has 1 atom stereocenters. The van der Waals surface area contributed by atoms with Crippen molar-refractivity contribution in [3.8, 4) is 0 Å². The highest BCUT2D eigenvalue weighted by Crippen LogP contribution is 2.36. The fourth-order valence-electron chi connectivity index (χ4n) is 3.55. The minimum Gasteiger partial charge on any atom is -0.274 e. The predicted octanol–water partition coefficient (Wildman–Crippen LogP) is 4.16. The molecule has 1 aliphatic rings. The lowest BCUT2D eigenvalue weighted by atomic mass is 10.00. The van der Waals surface area contributed by atoms with Crippen molar-refractivity contribution in [2.45, 2.75) is 57.0 Å². The normalized spacial score (nSPS) is 17.8. The van der Waals surface area contributed by atoms with Crippen LogP contribution >= 0.6 is 11.6 Å². The molecule has 0 N–H and O–H groups in total. The van der Waals surface area contributed by atoms with Gasteiger partial charge in [0.25, 0.3) is 5.91 Å². The van der Waals surface area contributed by atoms with Gasteiger partial charge in [-0.05, 0) is 63.6 Å². The SMILES string of the molecule is CCC(C)(C)N(C1CC(=O)N(c2ccc(Cl)cc2)C1=O)S(=O)(=O)c1ccc(C)cc1. The summed E-state index contributed by atoms with van der Waals surface area (Å²) in [6.45, 7) is 7.26. The van der Waals surface area contributed by atoms with Gasteiger partial charge < -0.3 is 0 Å². The van der Waals surface area contributed by atoms with Gasteiger partial charge in [-0.2, -0.15) is 4.31 Å². The third kappa shape index (κ3) is 4.02. The first kappa shape index (κ1) is 22.5. The van der Waals surface area contributed by atoms with E-state index >= 15 is 0 Å². The molecule has 2 aromatic rings. The fourth-order valence-corrected chi connectivity index (χ4v) is 5.67. The fraction of sp³-hybridized carbons (Fsp3) is 0.364. The van der Waals surface area contributed by atoms with Crippen LogP contribution in [0.5, 0.6) is 0 Å². The van der Waals surface area contributed by atoms with Gasteiger partial charge in [0.05, 0.1) is 17.0 Å². The van der Waals surface area contributed by atoms with Crippen LogP contribution in [0.15, 0.2) is 53.4 Å². The number of benzene rings is 2. The zero-order chi connectivity index (χ0) is 22.3. The topological polar surface area (TPSA) is 74.8 Å². The quantitative estimate of drug-likeness (QED) is 0.622. The van der Waals surface area contributed by atoms with Crippen molar-refractivity contribution in [3.05, 3.63) is 59.1 Å². The molecule has 3 rings (SSSR count). The number of halogens is 1. The molecule has 160 valence electrons. The average Bonchev–Trinajstić information content (AvgIpc) is 2.96. The number of rotatable bonds is 6. The molecule has 1 saturated heterocycles. The second kappa shape index (κ2) is 8.13. The number of imide groups is 1. The molecule has 0 radical (unpaired) electrons. The number of aryl methyl sites for hydroxylation is 1. The maximum absolute atomic E-state index is 13.6. The largest absolute Gasteiger partial charge is 0.274 e. The van der Waals surface area contributed by atoms with Crippen LogP contribution in [0, 0.1) is 6.92 Å². The number of carbonyl (C=O) groups excluding carboxylic acids is 2. The number of nitrogens with zero attached hydrogens (tertiary/aromatic N) is 2. The van der Waals surface area contributed by atoms with Crippen LogP contribution in [0.1, 0.15) is 39.2 Å². The third-order valence-electron chi connectivity index (χ3n) is 5.53. The number of hydrogen-bond acceptors (Lipinski definition) is 4. The highest BCUT2D eigenvalue weighted by molar-refractivity contribution is 7.89. The molecule has 0 saturated carbocycles. The van der Waals surface area contributed by atoms with Gasteiger partial charge in [0.2, 0.25) is 15.9 Å². The number of hydrogen-bond donors (Lipinski definition) is 0. The molecule has 0 bridgehead atoms. The Morgan fingerprint density at radius 2 is 1.63 bits per heavy atom. The Bertz CT molecular complexity index is 1060. The molecule has 2 aromatic carbocycles. The summed E-state index contributed by atoms with van der Waals surface area (Å²) < 4.78 is 28.4. The summed E-state index contributed by atoms with van der Waals surface area (Å²) in [6, 6.07) is 11.7. The summed E-state index contributed by atoms with van der Waals surface area (Å²) in [5.41, 5.74) is 0.426. The van der Waals surface area contributed by atoms with Crippen molar-refractivity contribution in [2.75, 3.05) is 4.90 Å². The molecular weight excluding hydrogens is 424 g/mol. The number of carbonyl (C=O) groups is 2. The van der Waals surface area contributed by atoms with Gasteiger partial charge in [0.1, 0.15) is 6.04 Å². The highest BCUT2D eigenvalue weighted by Gasteiger charge is 2.51. The Morgan fingerprint density at radius 3 is 2.17 bits per heavy atom. The van der Waals surface area contributed by atoms with Gasteiger partial charge in [-0.15, -0.1) is 0 Å². The summed E-state index contributed by atoms with van der Waals surface area (Å²) in [4.78, 5) is 27.2. The van der Waals surface area contributed by atoms with E-state index in [1.165, 1.54) is 16.4 Å². The smallest absolute Gasteiger partial charge is 0.252 e. The van der Waals surface area contributed by atoms with Gasteiger partial charge in [-0.1, -0.05) is 36.2 Å². The number of sulfonamides is 1. The van der Waals surface area contributed by atoms with Gasteiger partial charge in [-0.25, -0.2) is 13.3 Å². The lowest BCUT2D eigenvalue weighted by molar-refractivity contribution is -0.122. The maximum atomic E-state index is 13.6. The molecule has 0 aromatic heterocycles. The van der Waals surface area contributed by atoms with Crippen LogP contribution < -0.4 is 4.90 Å². The lowest BCUT2D eigenvalue weighted by Crippen LogP contribution is -2.55. The molecule has 1 aliphatic heterocycles. The van der Waals surface area contributed by atoms with Crippen LogP contribution in [0.25, 0.3) is 0 Å². The Kier molecular flexibility index (Phi) is 6.09. The van der Waals surface area contributed by atoms with Crippen molar-refractivity contribution in [1.29, 1.82) is 0 Å². The second-order valence-electron chi connectivity index (χ2n) is 8.04. The molecule has 1 fully saturated rings. The van der Waals surface area contributed by atoms with E-state index in [2.05, 4.69) is 0 Å². The molecule has 2 amide bonds. The summed E-state index contributed by atoms with van der Waals surface area (Å²) in [7, 11) is -4.03. The Labute approximate surface area is 182 Å². The molecule has 6 nitrogen and oxygen atoms in total. The monoisotopic (exact) mass is 448 g/mol. The van der Waals surface area contributed by atoms with E-state index in [1.807, 2.05) is 13.8 Å². The Morgan fingerprint density at radius 1 is 1.07 bits per heavy atom. The predicted molar refractivity (Wildman–Crippen MR) is 117 cm³/mol. The van der Waals surface area contributed by atoms with Crippen LogP contribution in [-0.4, -0.2) is 36.1 Å². The molecule has 0 spiro atoms. The molecular formula is C22H25ClN2O4S. The van der Waals surface area contributed by atoms with E-state index in [0.29, 0.717) is 17.1 Å². The molecule has 1 unspecified atom stereocenters. The van der Waals surface area contributed by atoms with Crippen LogP contribution in [0.4, 0.5) is 5.69 Å². The summed E-state index contributed by atoms with van der Waals surface area (Å²) >= 11 is 5.91. The van der Waals surface area contributed by atoms with Crippen molar-refractivity contribution < 1.29 is 18.0 Å². The van der Waals surface area contributed by atoms with E-state index in [4.69, 9.17) is 11.6 Å². The molecule has 1 heterocycles. The summed E-state index contributed by atoms with van der Waals surface area (Å²) in [6.07, 6.45) is 0.257. The van der Waals surface area contributed by atoms with E-state index < -0.39 is 33.4 Å². The third-order valence-corrected chi connectivity index (χ3v) is 7.92. The van der Waals surface area contributed by atoms with E-state index in [9.17, 15) is 18.0 Å². The minimum atomic E-state index is -4.03. The first-order valence-electron chi connectivity index (χ1n) is 9.72. The first-order valence-corrected chi connectivity index (χ1v) is 11.5. The van der Waals surface area contributed by atoms with Crippen molar-refractivity contribution >= 4 is 39.1 Å². The second-order valence-corrected chi connectivity index (χ2v) is 10.3. The summed E-state index contributed by atoms with van der Waals surface area (Å²) in [5, 5.41) is 0.477. The van der Waals surface area contributed by atoms with Crippen molar-refractivity contribution in [3.63, 3.8) is 0 Å². The zero-order valence-corrected chi connectivity index (χ0v) is 19.0. The average molecular weight is 449 g/mol. The van der Waals surface area contributed by atoms with Crippen LogP contribution in [-0.2, 0) is 19.6 Å². The minimum absolute atomic E-state index is 0.0971. The van der Waals surface area contributed by atoms with E-state index in [0.717, 1.165) is 10.5 Å². The van der Waals surface area contributed by atoms with Gasteiger partial charge in [0, 0.05) is 10.6 Å². The molecule has 30 heavy (non-hydrogen) atoms. The lowest BCUT2D eigenvalue weighted by Gasteiger charge is -2.39. The van der Waals surface area contributed by atoms with E-state index in [1.54, 1.807) is 50.2 Å². The van der Waals surface area contributed by atoms with Crippen molar-refractivity contribution in [1.82, 2.24) is 4.31 Å². The molecule has 0 aliphatic carbocycles. The van der Waals surface area contributed by atoms with Crippen LogP contribution in [0.2, 0.25) is 5.02 Å². The van der Waals surface area contributed by atoms with Gasteiger partial charge in [0.15, 0.2) is 0 Å². The Hall–Kier alpha value is -2.22. The number of anilines is 1. The van der Waals surface area contributed by atoms with Gasteiger partial charge >= 0.3 is 0 Å².